The third-order valence-corrected chi connectivity index (χ3v) is 2.27. The number of aromatic nitrogens is 2. The Balaban J connectivity index is 2.72. The number of nitrogens with two attached hydrogens (primary N) is 1. The highest BCUT2D eigenvalue weighted by atomic mass is 16.5. The van der Waals surface area contributed by atoms with Crippen LogP contribution in [0.3, 0.4) is 0 Å². The fourth-order valence-corrected chi connectivity index (χ4v) is 1.44. The summed E-state index contributed by atoms with van der Waals surface area (Å²) in [4.78, 5) is 2.13. The summed E-state index contributed by atoms with van der Waals surface area (Å²) in [6, 6.07) is 0. The predicted octanol–water partition coefficient (Wildman–Crippen LogP) is -0.0455. The second-order valence-corrected chi connectivity index (χ2v) is 3.72. The molecule has 5 nitrogen and oxygen atoms in total. The molecule has 0 amide bonds. The monoisotopic (exact) mass is 212 g/mol. The minimum Gasteiger partial charge on any atom is -0.493 e. The molecule has 0 aliphatic rings. The van der Waals surface area contributed by atoms with E-state index in [9.17, 15) is 0 Å². The van der Waals surface area contributed by atoms with Crippen LogP contribution in [0.5, 0.6) is 5.75 Å². The first kappa shape index (κ1) is 12.0. The van der Waals surface area contributed by atoms with E-state index in [1.807, 2.05) is 18.8 Å². The fraction of sp³-hybridized carbons (Fsp3) is 0.700. The van der Waals surface area contributed by atoms with Gasteiger partial charge in [-0.3, -0.25) is 4.68 Å². The van der Waals surface area contributed by atoms with E-state index < -0.39 is 0 Å². The zero-order valence-electron chi connectivity index (χ0n) is 9.73. The molecule has 0 fully saturated rings. The zero-order chi connectivity index (χ0) is 11.3. The quantitative estimate of drug-likeness (QED) is 0.718. The Morgan fingerprint density at radius 3 is 2.80 bits per heavy atom. The van der Waals surface area contributed by atoms with Crippen molar-refractivity contribution in [2.24, 2.45) is 5.73 Å². The first-order valence-electron chi connectivity index (χ1n) is 5.12. The molecule has 86 valence electrons. The maximum Gasteiger partial charge on any atom is 0.159 e. The lowest BCUT2D eigenvalue weighted by atomic mass is 10.3. The van der Waals surface area contributed by atoms with Gasteiger partial charge in [-0.2, -0.15) is 5.10 Å². The van der Waals surface area contributed by atoms with E-state index in [1.165, 1.54) is 0 Å². The second-order valence-electron chi connectivity index (χ2n) is 3.72. The average Bonchev–Trinajstić information content (AvgIpc) is 2.58. The molecule has 0 atom stereocenters. The van der Waals surface area contributed by atoms with E-state index in [4.69, 9.17) is 10.5 Å². The SMILES string of the molecule is COc1cnn(CCN(C)C)c1CCN. The van der Waals surface area contributed by atoms with Gasteiger partial charge in [0.2, 0.25) is 0 Å². The number of ether oxygens (including phenoxy) is 1. The molecule has 0 aliphatic carbocycles. The number of likely N-dealkylation sites (N-methyl/N-ethyl adjacent to an activating group) is 1. The molecule has 1 aromatic rings. The summed E-state index contributed by atoms with van der Waals surface area (Å²) < 4.78 is 7.20. The van der Waals surface area contributed by atoms with Crippen LogP contribution in [-0.2, 0) is 13.0 Å². The van der Waals surface area contributed by atoms with Crippen molar-refractivity contribution in [1.29, 1.82) is 0 Å². The molecule has 0 radical (unpaired) electrons. The Labute approximate surface area is 90.8 Å². The van der Waals surface area contributed by atoms with Crippen molar-refractivity contribution in [2.75, 3.05) is 34.3 Å². The summed E-state index contributed by atoms with van der Waals surface area (Å²) in [6.45, 7) is 2.44. The summed E-state index contributed by atoms with van der Waals surface area (Å²) in [5.41, 5.74) is 6.65. The molecular formula is C10H20N4O. The highest BCUT2D eigenvalue weighted by molar-refractivity contribution is 5.25. The second kappa shape index (κ2) is 5.72. The van der Waals surface area contributed by atoms with Crippen LogP contribution in [0, 0.1) is 0 Å². The van der Waals surface area contributed by atoms with Crippen molar-refractivity contribution in [1.82, 2.24) is 14.7 Å². The molecule has 0 unspecified atom stereocenters. The zero-order valence-corrected chi connectivity index (χ0v) is 9.73. The number of rotatable bonds is 6. The first-order chi connectivity index (χ1) is 7.19. The van der Waals surface area contributed by atoms with Crippen LogP contribution in [-0.4, -0.2) is 49.0 Å². The van der Waals surface area contributed by atoms with E-state index in [1.54, 1.807) is 13.3 Å². The van der Waals surface area contributed by atoms with Gasteiger partial charge in [-0.1, -0.05) is 0 Å². The summed E-state index contributed by atoms with van der Waals surface area (Å²) >= 11 is 0. The van der Waals surface area contributed by atoms with Crippen molar-refractivity contribution in [3.63, 3.8) is 0 Å². The van der Waals surface area contributed by atoms with Gasteiger partial charge >= 0.3 is 0 Å². The van der Waals surface area contributed by atoms with Gasteiger partial charge in [0.1, 0.15) is 0 Å². The van der Waals surface area contributed by atoms with Gasteiger partial charge in [0.15, 0.2) is 5.75 Å². The number of nitrogens with zero attached hydrogens (tertiary/aromatic N) is 3. The summed E-state index contributed by atoms with van der Waals surface area (Å²) in [5, 5.41) is 4.29. The minimum absolute atomic E-state index is 0.615. The summed E-state index contributed by atoms with van der Waals surface area (Å²) in [6.07, 6.45) is 2.55. The Morgan fingerprint density at radius 1 is 1.53 bits per heavy atom. The molecule has 1 aromatic heterocycles. The van der Waals surface area contributed by atoms with Crippen LogP contribution in [0.1, 0.15) is 5.69 Å². The Hall–Kier alpha value is -1.07. The van der Waals surface area contributed by atoms with Crippen LogP contribution >= 0.6 is 0 Å². The van der Waals surface area contributed by atoms with Crippen molar-refractivity contribution in [3.8, 4) is 5.75 Å². The predicted molar refractivity (Wildman–Crippen MR) is 60.1 cm³/mol. The molecule has 0 spiro atoms. The normalized spacial score (nSPS) is 11.0. The molecule has 5 heteroatoms. The molecular weight excluding hydrogens is 192 g/mol. The molecule has 2 N–H and O–H groups in total. The highest BCUT2D eigenvalue weighted by Crippen LogP contribution is 2.17. The minimum atomic E-state index is 0.615. The summed E-state index contributed by atoms with van der Waals surface area (Å²) in [7, 11) is 5.75. The van der Waals surface area contributed by atoms with Crippen LogP contribution in [0.2, 0.25) is 0 Å². The molecule has 0 saturated heterocycles. The van der Waals surface area contributed by atoms with Gasteiger partial charge in [-0.25, -0.2) is 0 Å². The molecule has 1 heterocycles. The number of hydrogen-bond acceptors (Lipinski definition) is 4. The van der Waals surface area contributed by atoms with Crippen molar-refractivity contribution < 1.29 is 4.74 Å². The van der Waals surface area contributed by atoms with Crippen LogP contribution in [0.4, 0.5) is 0 Å². The number of hydrogen-bond donors (Lipinski definition) is 1. The number of methoxy groups -OCH3 is 1. The Kier molecular flexibility index (Phi) is 4.58. The van der Waals surface area contributed by atoms with Crippen molar-refractivity contribution in [2.45, 2.75) is 13.0 Å². The smallest absolute Gasteiger partial charge is 0.159 e. The topological polar surface area (TPSA) is 56.3 Å². The molecule has 1 rings (SSSR count). The standard InChI is InChI=1S/C10H20N4O/c1-13(2)6-7-14-9(4-5-11)10(15-3)8-12-14/h8H,4-7,11H2,1-3H3. The average molecular weight is 212 g/mol. The molecule has 15 heavy (non-hydrogen) atoms. The van der Waals surface area contributed by atoms with E-state index >= 15 is 0 Å². The largest absolute Gasteiger partial charge is 0.493 e. The fourth-order valence-electron chi connectivity index (χ4n) is 1.44. The van der Waals surface area contributed by atoms with Crippen LogP contribution in [0.25, 0.3) is 0 Å². The van der Waals surface area contributed by atoms with Crippen molar-refractivity contribution >= 4 is 0 Å². The molecule has 0 bridgehead atoms. The lowest BCUT2D eigenvalue weighted by Gasteiger charge is -2.12. The Morgan fingerprint density at radius 2 is 2.27 bits per heavy atom. The third-order valence-electron chi connectivity index (χ3n) is 2.27. The molecule has 0 saturated carbocycles. The lowest BCUT2D eigenvalue weighted by Crippen LogP contribution is -2.21. The van der Waals surface area contributed by atoms with Crippen LogP contribution < -0.4 is 10.5 Å². The maximum atomic E-state index is 5.56. The van der Waals surface area contributed by atoms with Crippen molar-refractivity contribution in [3.05, 3.63) is 11.9 Å². The molecule has 0 aliphatic heterocycles. The van der Waals surface area contributed by atoms with E-state index in [0.29, 0.717) is 6.54 Å². The van der Waals surface area contributed by atoms with Gasteiger partial charge in [0.05, 0.1) is 25.5 Å². The lowest BCUT2D eigenvalue weighted by molar-refractivity contribution is 0.366. The van der Waals surface area contributed by atoms with Gasteiger partial charge in [-0.15, -0.1) is 0 Å². The highest BCUT2D eigenvalue weighted by Gasteiger charge is 2.10. The van der Waals surface area contributed by atoms with Gasteiger partial charge in [0.25, 0.3) is 0 Å². The van der Waals surface area contributed by atoms with Gasteiger partial charge in [-0.05, 0) is 20.6 Å². The maximum absolute atomic E-state index is 5.56. The Bertz CT molecular complexity index is 296. The van der Waals surface area contributed by atoms with Gasteiger partial charge in [0, 0.05) is 13.0 Å². The third kappa shape index (κ3) is 3.21. The van der Waals surface area contributed by atoms with Gasteiger partial charge < -0.3 is 15.4 Å². The van der Waals surface area contributed by atoms with E-state index in [2.05, 4.69) is 10.00 Å². The van der Waals surface area contributed by atoms with Crippen LogP contribution in [0.15, 0.2) is 6.20 Å². The van der Waals surface area contributed by atoms with E-state index in [0.717, 1.165) is 31.0 Å². The van der Waals surface area contributed by atoms with E-state index in [-0.39, 0.29) is 0 Å². The molecule has 0 aromatic carbocycles. The first-order valence-corrected chi connectivity index (χ1v) is 5.12. The summed E-state index contributed by atoms with van der Waals surface area (Å²) in [5.74, 6) is 0.833.